The number of anilines is 1. The summed E-state index contributed by atoms with van der Waals surface area (Å²) in [6.45, 7) is 1.79. The molecule has 0 saturated heterocycles. The number of para-hydroxylation sites is 1. The van der Waals surface area contributed by atoms with Crippen molar-refractivity contribution in [2.45, 2.75) is 5.92 Å². The van der Waals surface area contributed by atoms with Crippen molar-refractivity contribution in [1.29, 1.82) is 0 Å². The van der Waals surface area contributed by atoms with Gasteiger partial charge in [0.1, 0.15) is 5.84 Å². The first-order valence-corrected chi connectivity index (χ1v) is 8.40. The highest BCUT2D eigenvalue weighted by molar-refractivity contribution is 6.05. The van der Waals surface area contributed by atoms with Gasteiger partial charge in [-0.1, -0.05) is 78.9 Å². The van der Waals surface area contributed by atoms with E-state index in [4.69, 9.17) is 4.99 Å². The second-order valence-electron chi connectivity index (χ2n) is 5.98. The van der Waals surface area contributed by atoms with E-state index in [-0.39, 0.29) is 5.92 Å². The highest BCUT2D eigenvalue weighted by Gasteiger charge is 2.28. The van der Waals surface area contributed by atoms with Gasteiger partial charge >= 0.3 is 0 Å². The summed E-state index contributed by atoms with van der Waals surface area (Å²) in [5.41, 5.74) is 3.78. The topological polar surface area (TPSA) is 15.6 Å². The minimum Gasteiger partial charge on any atom is -0.328 e. The SMILES string of the molecule is c1ccc(C(C2=NCCN2c2ccccc2)c2ccccc2)cc1. The average molecular weight is 312 g/mol. The van der Waals surface area contributed by atoms with E-state index in [9.17, 15) is 0 Å². The van der Waals surface area contributed by atoms with Gasteiger partial charge in [0.25, 0.3) is 0 Å². The molecule has 2 nitrogen and oxygen atoms in total. The smallest absolute Gasteiger partial charge is 0.115 e. The summed E-state index contributed by atoms with van der Waals surface area (Å²) in [5, 5.41) is 0. The average Bonchev–Trinajstić information content (AvgIpc) is 3.14. The second kappa shape index (κ2) is 6.71. The number of amidine groups is 1. The van der Waals surface area contributed by atoms with Gasteiger partial charge in [-0.25, -0.2) is 0 Å². The number of rotatable bonds is 4. The predicted octanol–water partition coefficient (Wildman–Crippen LogP) is 4.74. The molecule has 0 atom stereocenters. The highest BCUT2D eigenvalue weighted by atomic mass is 15.2. The van der Waals surface area contributed by atoms with Gasteiger partial charge in [-0.3, -0.25) is 4.99 Å². The Hall–Kier alpha value is -2.87. The maximum Gasteiger partial charge on any atom is 0.115 e. The highest BCUT2D eigenvalue weighted by Crippen LogP contribution is 2.31. The normalized spacial score (nSPS) is 14.0. The van der Waals surface area contributed by atoms with Gasteiger partial charge in [-0.15, -0.1) is 0 Å². The lowest BCUT2D eigenvalue weighted by molar-refractivity contribution is 1.00. The Labute approximate surface area is 143 Å². The lowest BCUT2D eigenvalue weighted by Crippen LogP contribution is -2.32. The first kappa shape index (κ1) is 14.7. The third-order valence-corrected chi connectivity index (χ3v) is 4.47. The molecule has 0 bridgehead atoms. The van der Waals surface area contributed by atoms with Crippen LogP contribution in [-0.4, -0.2) is 18.9 Å². The van der Waals surface area contributed by atoms with Crippen molar-refractivity contribution in [2.75, 3.05) is 18.0 Å². The van der Waals surface area contributed by atoms with E-state index in [1.165, 1.54) is 16.8 Å². The lowest BCUT2D eigenvalue weighted by atomic mass is 9.89. The monoisotopic (exact) mass is 312 g/mol. The molecule has 4 rings (SSSR count). The van der Waals surface area contributed by atoms with Gasteiger partial charge in [0.2, 0.25) is 0 Å². The Kier molecular flexibility index (Phi) is 4.11. The molecular formula is C22H20N2. The lowest BCUT2D eigenvalue weighted by Gasteiger charge is -2.27. The molecule has 2 heteroatoms. The van der Waals surface area contributed by atoms with Crippen LogP contribution in [0.15, 0.2) is 96.0 Å². The summed E-state index contributed by atoms with van der Waals surface area (Å²) >= 11 is 0. The van der Waals surface area contributed by atoms with E-state index in [0.717, 1.165) is 18.9 Å². The Morgan fingerprint density at radius 1 is 0.667 bits per heavy atom. The van der Waals surface area contributed by atoms with E-state index >= 15 is 0 Å². The molecule has 0 spiro atoms. The molecule has 3 aromatic rings. The van der Waals surface area contributed by atoms with Gasteiger partial charge in [-0.2, -0.15) is 0 Å². The third-order valence-electron chi connectivity index (χ3n) is 4.47. The summed E-state index contributed by atoms with van der Waals surface area (Å²) in [6, 6.07) is 31.9. The minimum absolute atomic E-state index is 0.162. The van der Waals surface area contributed by atoms with Gasteiger partial charge in [0, 0.05) is 12.2 Å². The zero-order valence-corrected chi connectivity index (χ0v) is 13.5. The van der Waals surface area contributed by atoms with Crippen molar-refractivity contribution in [2.24, 2.45) is 4.99 Å². The van der Waals surface area contributed by atoms with Crippen LogP contribution in [0.2, 0.25) is 0 Å². The molecule has 1 heterocycles. The zero-order valence-electron chi connectivity index (χ0n) is 13.5. The molecular weight excluding hydrogens is 292 g/mol. The third kappa shape index (κ3) is 2.83. The molecule has 1 aliphatic rings. The van der Waals surface area contributed by atoms with Crippen molar-refractivity contribution >= 4 is 11.5 Å². The van der Waals surface area contributed by atoms with Crippen LogP contribution in [0.4, 0.5) is 5.69 Å². The van der Waals surface area contributed by atoms with Gasteiger partial charge in [-0.05, 0) is 23.3 Å². The molecule has 1 aliphatic heterocycles. The number of benzene rings is 3. The van der Waals surface area contributed by atoms with Crippen LogP contribution in [0.25, 0.3) is 0 Å². The number of hydrogen-bond donors (Lipinski definition) is 0. The standard InChI is InChI=1S/C22H20N2/c1-4-10-18(11-5-1)21(19-12-6-2-7-13-19)22-23-16-17-24(22)20-14-8-3-9-15-20/h1-15,21H,16-17H2. The quantitative estimate of drug-likeness (QED) is 0.679. The van der Waals surface area contributed by atoms with E-state index in [2.05, 4.69) is 95.9 Å². The van der Waals surface area contributed by atoms with Crippen LogP contribution in [0.5, 0.6) is 0 Å². The Bertz CT molecular complexity index is 771. The first-order chi connectivity index (χ1) is 11.9. The minimum atomic E-state index is 0.162. The van der Waals surface area contributed by atoms with E-state index < -0.39 is 0 Å². The van der Waals surface area contributed by atoms with Crippen LogP contribution in [-0.2, 0) is 0 Å². The van der Waals surface area contributed by atoms with Crippen molar-refractivity contribution in [1.82, 2.24) is 0 Å². The molecule has 24 heavy (non-hydrogen) atoms. The fourth-order valence-electron chi connectivity index (χ4n) is 3.36. The summed E-state index contributed by atoms with van der Waals surface area (Å²) in [7, 11) is 0. The fourth-order valence-corrected chi connectivity index (χ4v) is 3.36. The number of nitrogens with zero attached hydrogens (tertiary/aromatic N) is 2. The predicted molar refractivity (Wildman–Crippen MR) is 101 cm³/mol. The van der Waals surface area contributed by atoms with Gasteiger partial charge in [0.05, 0.1) is 12.5 Å². The molecule has 0 fully saturated rings. The second-order valence-corrected chi connectivity index (χ2v) is 5.98. The van der Waals surface area contributed by atoms with Crippen LogP contribution in [0.1, 0.15) is 17.0 Å². The molecule has 118 valence electrons. The Balaban J connectivity index is 1.79. The van der Waals surface area contributed by atoms with Gasteiger partial charge in [0.15, 0.2) is 0 Å². The first-order valence-electron chi connectivity index (χ1n) is 8.40. The molecule has 0 N–H and O–H groups in total. The van der Waals surface area contributed by atoms with E-state index in [1.807, 2.05) is 0 Å². The Morgan fingerprint density at radius 3 is 1.71 bits per heavy atom. The van der Waals surface area contributed by atoms with E-state index in [1.54, 1.807) is 0 Å². The molecule has 0 aromatic heterocycles. The molecule has 0 radical (unpaired) electrons. The van der Waals surface area contributed by atoms with Crippen LogP contribution in [0, 0.1) is 0 Å². The van der Waals surface area contributed by atoms with Crippen molar-refractivity contribution in [3.8, 4) is 0 Å². The largest absolute Gasteiger partial charge is 0.328 e. The summed E-state index contributed by atoms with van der Waals surface area (Å²) in [4.78, 5) is 7.24. The maximum atomic E-state index is 4.89. The van der Waals surface area contributed by atoms with Crippen molar-refractivity contribution in [3.05, 3.63) is 102 Å². The summed E-state index contributed by atoms with van der Waals surface area (Å²) in [5.74, 6) is 1.30. The molecule has 0 saturated carbocycles. The molecule has 3 aromatic carbocycles. The maximum absolute atomic E-state index is 4.89. The zero-order chi connectivity index (χ0) is 16.2. The fraction of sp³-hybridized carbons (Fsp3) is 0.136. The summed E-state index contributed by atoms with van der Waals surface area (Å²) in [6.07, 6.45) is 0. The summed E-state index contributed by atoms with van der Waals surface area (Å²) < 4.78 is 0. The van der Waals surface area contributed by atoms with Crippen molar-refractivity contribution in [3.63, 3.8) is 0 Å². The Morgan fingerprint density at radius 2 is 1.17 bits per heavy atom. The number of aliphatic imine (C=N–C) groups is 1. The van der Waals surface area contributed by atoms with Crippen LogP contribution in [0.3, 0.4) is 0 Å². The van der Waals surface area contributed by atoms with E-state index in [0.29, 0.717) is 0 Å². The van der Waals surface area contributed by atoms with Gasteiger partial charge < -0.3 is 4.90 Å². The van der Waals surface area contributed by atoms with Crippen LogP contribution >= 0.6 is 0 Å². The molecule has 0 amide bonds. The van der Waals surface area contributed by atoms with Crippen LogP contribution < -0.4 is 4.90 Å². The molecule has 0 aliphatic carbocycles. The number of hydrogen-bond acceptors (Lipinski definition) is 2. The molecule has 0 unspecified atom stereocenters. The van der Waals surface area contributed by atoms with Crippen molar-refractivity contribution < 1.29 is 0 Å².